The summed E-state index contributed by atoms with van der Waals surface area (Å²) >= 11 is 0. The van der Waals surface area contributed by atoms with Crippen molar-refractivity contribution in [3.63, 3.8) is 0 Å². The minimum absolute atomic E-state index is 1.25. The van der Waals surface area contributed by atoms with Crippen molar-refractivity contribution in [3.05, 3.63) is 12.2 Å². The topological polar surface area (TPSA) is 3.24 Å². The van der Waals surface area contributed by atoms with Crippen LogP contribution in [0.3, 0.4) is 0 Å². The van der Waals surface area contributed by atoms with Crippen molar-refractivity contribution in [2.24, 2.45) is 0 Å². The van der Waals surface area contributed by atoms with Crippen LogP contribution in [0.25, 0.3) is 0 Å². The van der Waals surface area contributed by atoms with Crippen LogP contribution in [-0.2, 0) is 0 Å². The van der Waals surface area contributed by atoms with E-state index >= 15 is 0 Å². The smallest absolute Gasteiger partial charge is 0.00248 e. The van der Waals surface area contributed by atoms with Crippen molar-refractivity contribution in [2.45, 2.75) is 84.0 Å². The van der Waals surface area contributed by atoms with Crippen molar-refractivity contribution in [1.29, 1.82) is 0 Å². The molecule has 114 valence electrons. The SMILES string of the molecule is CCCCCC/C=C\CCCCCCCCN(C)C. The van der Waals surface area contributed by atoms with Crippen LogP contribution in [0.4, 0.5) is 0 Å². The maximum absolute atomic E-state index is 2.40. The van der Waals surface area contributed by atoms with Gasteiger partial charge < -0.3 is 4.90 Å². The predicted molar refractivity (Wildman–Crippen MR) is 88.8 cm³/mol. The summed E-state index contributed by atoms with van der Waals surface area (Å²) in [5.74, 6) is 0. The Hall–Kier alpha value is -0.300. The van der Waals surface area contributed by atoms with Gasteiger partial charge in [0.1, 0.15) is 0 Å². The number of allylic oxidation sites excluding steroid dienone is 2. The molecule has 1 nitrogen and oxygen atoms in total. The van der Waals surface area contributed by atoms with Crippen LogP contribution in [-0.4, -0.2) is 25.5 Å². The predicted octanol–water partition coefficient (Wildman–Crippen LogP) is 5.81. The first-order valence-corrected chi connectivity index (χ1v) is 8.57. The molecule has 0 spiro atoms. The summed E-state index contributed by atoms with van der Waals surface area (Å²) < 4.78 is 0. The fourth-order valence-corrected chi connectivity index (χ4v) is 2.32. The highest BCUT2D eigenvalue weighted by Gasteiger charge is 1.92. The lowest BCUT2D eigenvalue weighted by molar-refractivity contribution is 0.389. The molecule has 0 rings (SSSR count). The Morgan fingerprint density at radius 1 is 0.632 bits per heavy atom. The lowest BCUT2D eigenvalue weighted by atomic mass is 10.1. The Labute approximate surface area is 122 Å². The van der Waals surface area contributed by atoms with E-state index in [2.05, 4.69) is 38.1 Å². The van der Waals surface area contributed by atoms with Crippen molar-refractivity contribution < 1.29 is 0 Å². The third-order valence-corrected chi connectivity index (χ3v) is 3.62. The highest BCUT2D eigenvalue weighted by atomic mass is 15.0. The molecule has 0 aliphatic carbocycles. The van der Waals surface area contributed by atoms with Gasteiger partial charge in [-0.05, 0) is 52.7 Å². The van der Waals surface area contributed by atoms with Gasteiger partial charge in [-0.15, -0.1) is 0 Å². The Balaban J connectivity index is 3.03. The zero-order valence-electron chi connectivity index (χ0n) is 13.8. The van der Waals surface area contributed by atoms with Crippen LogP contribution >= 0.6 is 0 Å². The van der Waals surface area contributed by atoms with E-state index in [1.165, 1.54) is 83.6 Å². The van der Waals surface area contributed by atoms with Crippen LogP contribution in [0, 0.1) is 0 Å². The quantitative estimate of drug-likeness (QED) is 0.284. The molecule has 0 heterocycles. The summed E-state index contributed by atoms with van der Waals surface area (Å²) in [6.45, 7) is 3.52. The Morgan fingerprint density at radius 3 is 1.63 bits per heavy atom. The fourth-order valence-electron chi connectivity index (χ4n) is 2.32. The first-order valence-electron chi connectivity index (χ1n) is 8.57. The zero-order valence-corrected chi connectivity index (χ0v) is 13.8. The second-order valence-corrected chi connectivity index (χ2v) is 6.03. The monoisotopic (exact) mass is 267 g/mol. The summed E-state index contributed by atoms with van der Waals surface area (Å²) in [5.41, 5.74) is 0. The molecule has 0 bridgehead atoms. The van der Waals surface area contributed by atoms with E-state index in [0.29, 0.717) is 0 Å². The third-order valence-electron chi connectivity index (χ3n) is 3.62. The van der Waals surface area contributed by atoms with Gasteiger partial charge in [0.05, 0.1) is 0 Å². The molecule has 0 unspecified atom stereocenters. The Kier molecular flexibility index (Phi) is 15.5. The molecule has 0 atom stereocenters. The van der Waals surface area contributed by atoms with E-state index in [-0.39, 0.29) is 0 Å². The van der Waals surface area contributed by atoms with Gasteiger partial charge in [0.25, 0.3) is 0 Å². The van der Waals surface area contributed by atoms with Crippen LogP contribution in [0.15, 0.2) is 12.2 Å². The van der Waals surface area contributed by atoms with Crippen LogP contribution in [0.1, 0.15) is 84.0 Å². The van der Waals surface area contributed by atoms with Gasteiger partial charge in [-0.3, -0.25) is 0 Å². The molecule has 1 heteroatoms. The molecular formula is C18H37N. The van der Waals surface area contributed by atoms with E-state index in [1.54, 1.807) is 0 Å². The summed E-state index contributed by atoms with van der Waals surface area (Å²) in [6.07, 6.45) is 21.4. The zero-order chi connectivity index (χ0) is 14.2. The number of unbranched alkanes of at least 4 members (excludes halogenated alkanes) is 10. The Bertz CT molecular complexity index is 184. The summed E-state index contributed by atoms with van der Waals surface area (Å²) in [6, 6.07) is 0. The van der Waals surface area contributed by atoms with E-state index in [0.717, 1.165) is 0 Å². The van der Waals surface area contributed by atoms with Gasteiger partial charge in [0.15, 0.2) is 0 Å². The average molecular weight is 268 g/mol. The fraction of sp³-hybridized carbons (Fsp3) is 0.889. The minimum Gasteiger partial charge on any atom is -0.309 e. The van der Waals surface area contributed by atoms with E-state index in [9.17, 15) is 0 Å². The first-order chi connectivity index (χ1) is 9.27. The summed E-state index contributed by atoms with van der Waals surface area (Å²) in [4.78, 5) is 2.28. The highest BCUT2D eigenvalue weighted by molar-refractivity contribution is 4.81. The molecule has 0 saturated carbocycles. The number of hydrogen-bond donors (Lipinski definition) is 0. The van der Waals surface area contributed by atoms with Gasteiger partial charge in [-0.1, -0.05) is 64.0 Å². The lowest BCUT2D eigenvalue weighted by Gasteiger charge is -2.08. The van der Waals surface area contributed by atoms with Crippen LogP contribution in [0.5, 0.6) is 0 Å². The molecule has 19 heavy (non-hydrogen) atoms. The van der Waals surface area contributed by atoms with Gasteiger partial charge in [-0.2, -0.15) is 0 Å². The van der Waals surface area contributed by atoms with Gasteiger partial charge >= 0.3 is 0 Å². The molecule has 0 saturated heterocycles. The minimum atomic E-state index is 1.25. The van der Waals surface area contributed by atoms with E-state index in [4.69, 9.17) is 0 Å². The number of hydrogen-bond acceptors (Lipinski definition) is 1. The number of nitrogens with zero attached hydrogens (tertiary/aromatic N) is 1. The normalized spacial score (nSPS) is 11.8. The first kappa shape index (κ1) is 18.7. The largest absolute Gasteiger partial charge is 0.309 e. The summed E-state index contributed by atoms with van der Waals surface area (Å²) in [5, 5.41) is 0. The van der Waals surface area contributed by atoms with Gasteiger partial charge in [0.2, 0.25) is 0 Å². The van der Waals surface area contributed by atoms with Gasteiger partial charge in [-0.25, -0.2) is 0 Å². The van der Waals surface area contributed by atoms with Crippen LogP contribution < -0.4 is 0 Å². The molecule has 0 aliphatic rings. The second kappa shape index (κ2) is 15.8. The lowest BCUT2D eigenvalue weighted by Crippen LogP contribution is -2.12. The van der Waals surface area contributed by atoms with Crippen molar-refractivity contribution in [3.8, 4) is 0 Å². The standard InChI is InChI=1S/C18H37N/c1-4-5-6-7-8-9-10-11-12-13-14-15-16-17-18-19(2)3/h9-10H,4-8,11-18H2,1-3H3/b10-9-. The van der Waals surface area contributed by atoms with Gasteiger partial charge in [0, 0.05) is 0 Å². The molecule has 0 radical (unpaired) electrons. The van der Waals surface area contributed by atoms with E-state index < -0.39 is 0 Å². The molecule has 0 amide bonds. The molecule has 0 aromatic rings. The molecule has 0 aromatic heterocycles. The van der Waals surface area contributed by atoms with Crippen LogP contribution in [0.2, 0.25) is 0 Å². The van der Waals surface area contributed by atoms with Crippen molar-refractivity contribution in [2.75, 3.05) is 20.6 Å². The second-order valence-electron chi connectivity index (χ2n) is 6.03. The molecule has 0 fully saturated rings. The average Bonchev–Trinajstić information content (AvgIpc) is 2.39. The third kappa shape index (κ3) is 17.7. The molecule has 0 aromatic carbocycles. The molecule has 0 aliphatic heterocycles. The maximum atomic E-state index is 2.40. The maximum Gasteiger partial charge on any atom is -0.00248 e. The van der Waals surface area contributed by atoms with Crippen molar-refractivity contribution >= 4 is 0 Å². The number of rotatable bonds is 14. The molecule has 0 N–H and O–H groups in total. The highest BCUT2D eigenvalue weighted by Crippen LogP contribution is 2.08. The van der Waals surface area contributed by atoms with Crippen molar-refractivity contribution in [1.82, 2.24) is 4.90 Å². The molecular weight excluding hydrogens is 230 g/mol. The van der Waals surface area contributed by atoms with E-state index in [1.807, 2.05) is 0 Å². The Morgan fingerprint density at radius 2 is 1.11 bits per heavy atom. The summed E-state index contributed by atoms with van der Waals surface area (Å²) in [7, 11) is 4.32.